The van der Waals surface area contributed by atoms with Crippen molar-refractivity contribution in [1.29, 1.82) is 0 Å². The molecule has 1 atom stereocenters. The molecule has 1 unspecified atom stereocenters. The highest BCUT2D eigenvalue weighted by molar-refractivity contribution is 9.10. The van der Waals surface area contributed by atoms with Gasteiger partial charge in [0.25, 0.3) is 17.8 Å². The second-order valence-corrected chi connectivity index (χ2v) is 3.51. The Hall–Kier alpha value is -0.950. The summed E-state index contributed by atoms with van der Waals surface area (Å²) in [5, 5.41) is 9.21. The number of hydrogen-bond donors (Lipinski definition) is 1. The molecule has 0 aromatic carbocycles. The molecule has 1 rings (SSSR count). The fourth-order valence-electron chi connectivity index (χ4n) is 0.949. The number of amidine groups is 1. The number of aliphatic hydroxyl groups excluding tert-OH is 1. The number of aliphatic imine (C=N–C) groups is 1. The maximum atomic E-state index is 11.4. The molecule has 0 spiro atoms. The van der Waals surface area contributed by atoms with Gasteiger partial charge in [-0.15, -0.1) is 0 Å². The molecule has 78 valence electrons. The van der Waals surface area contributed by atoms with Gasteiger partial charge in [0.05, 0.1) is 13.2 Å². The van der Waals surface area contributed by atoms with Crippen molar-refractivity contribution in [3.63, 3.8) is 0 Å². The molecular weight excluding hydrogens is 256 g/mol. The molecule has 2 amide bonds. The highest BCUT2D eigenvalue weighted by atomic mass is 79.9. The lowest BCUT2D eigenvalue weighted by Gasteiger charge is -2.24. The number of rotatable bonds is 3. The summed E-state index contributed by atoms with van der Waals surface area (Å²) in [6.45, 7) is 0.430. The van der Waals surface area contributed by atoms with Crippen LogP contribution in [0.3, 0.4) is 0 Å². The molecule has 0 aromatic heterocycles. The second-order valence-electron chi connectivity index (χ2n) is 2.60. The molecule has 1 aliphatic rings. The van der Waals surface area contributed by atoms with E-state index in [1.165, 1.54) is 7.11 Å². The first-order valence-electron chi connectivity index (χ1n) is 3.84. The van der Waals surface area contributed by atoms with Gasteiger partial charge in [-0.2, -0.15) is 4.99 Å². The maximum Gasteiger partial charge on any atom is 0.299 e. The minimum Gasteiger partial charge on any atom is -0.480 e. The first kappa shape index (κ1) is 11.1. The highest BCUT2D eigenvalue weighted by Crippen LogP contribution is 2.12. The molecule has 0 fully saturated rings. The van der Waals surface area contributed by atoms with Crippen LogP contribution < -0.4 is 0 Å². The largest absolute Gasteiger partial charge is 0.480 e. The third kappa shape index (κ3) is 2.10. The highest BCUT2D eigenvalue weighted by Gasteiger charge is 2.35. The van der Waals surface area contributed by atoms with E-state index in [1.807, 2.05) is 0 Å². The van der Waals surface area contributed by atoms with Gasteiger partial charge in [0.2, 0.25) is 0 Å². The van der Waals surface area contributed by atoms with Crippen molar-refractivity contribution in [2.45, 2.75) is 4.83 Å². The zero-order valence-corrected chi connectivity index (χ0v) is 9.02. The van der Waals surface area contributed by atoms with Gasteiger partial charge in [0, 0.05) is 7.11 Å². The van der Waals surface area contributed by atoms with Crippen LogP contribution >= 0.6 is 15.9 Å². The number of nitrogens with zero attached hydrogens (tertiary/aromatic N) is 2. The number of aliphatic hydroxyl groups is 1. The number of ether oxygens (including phenoxy) is 1. The van der Waals surface area contributed by atoms with Crippen molar-refractivity contribution in [2.24, 2.45) is 4.99 Å². The Kier molecular flexibility index (Phi) is 3.59. The van der Waals surface area contributed by atoms with Gasteiger partial charge in [-0.05, 0) is 0 Å². The van der Waals surface area contributed by atoms with Crippen molar-refractivity contribution in [3.8, 4) is 0 Å². The summed E-state index contributed by atoms with van der Waals surface area (Å²) in [5.74, 6) is -1.22. The van der Waals surface area contributed by atoms with Crippen LogP contribution in [0.25, 0.3) is 0 Å². The van der Waals surface area contributed by atoms with Crippen LogP contribution in [0.15, 0.2) is 4.99 Å². The number of hydrogen-bond acceptors (Lipinski definition) is 3. The van der Waals surface area contributed by atoms with Crippen LogP contribution in [0.2, 0.25) is 0 Å². The molecule has 1 N–H and O–H groups in total. The van der Waals surface area contributed by atoms with Gasteiger partial charge in [-0.25, -0.2) is 0 Å². The molecule has 0 aromatic rings. The molecule has 1 aliphatic heterocycles. The average molecular weight is 265 g/mol. The van der Waals surface area contributed by atoms with E-state index in [0.717, 1.165) is 4.90 Å². The van der Waals surface area contributed by atoms with Crippen LogP contribution in [-0.4, -0.2) is 52.9 Å². The lowest BCUT2D eigenvalue weighted by Crippen LogP contribution is -2.49. The summed E-state index contributed by atoms with van der Waals surface area (Å²) in [4.78, 5) is 25.6. The van der Waals surface area contributed by atoms with E-state index in [2.05, 4.69) is 20.9 Å². The Bertz CT molecular complexity index is 291. The monoisotopic (exact) mass is 264 g/mol. The minimum atomic E-state index is -1.00. The SMILES string of the molecule is COCCN1C(=O)C(Br)C(=O)N=C1O. The standard InChI is InChI=1S/C7H9BrN2O4/c1-14-3-2-10-6(12)4(8)5(11)9-7(10)13/h4H,2-3H2,1H3,(H,9,11,13). The Morgan fingerprint density at radius 1 is 1.64 bits per heavy atom. The Balaban J connectivity index is 2.79. The number of alkyl halides is 1. The summed E-state index contributed by atoms with van der Waals surface area (Å²) in [5.41, 5.74) is 0. The lowest BCUT2D eigenvalue weighted by atomic mass is 10.3. The van der Waals surface area contributed by atoms with E-state index in [0.29, 0.717) is 0 Å². The maximum absolute atomic E-state index is 11.4. The van der Waals surface area contributed by atoms with Crippen molar-refractivity contribution >= 4 is 33.8 Å². The summed E-state index contributed by atoms with van der Waals surface area (Å²) < 4.78 is 4.74. The van der Waals surface area contributed by atoms with E-state index >= 15 is 0 Å². The normalized spacial score (nSPS) is 22.6. The fourth-order valence-corrected chi connectivity index (χ4v) is 1.30. The molecule has 6 nitrogen and oxygen atoms in total. The molecular formula is C7H9BrN2O4. The Morgan fingerprint density at radius 2 is 2.29 bits per heavy atom. The zero-order chi connectivity index (χ0) is 10.7. The number of halogens is 1. The van der Waals surface area contributed by atoms with E-state index in [-0.39, 0.29) is 13.2 Å². The second kappa shape index (κ2) is 4.52. The Labute approximate surface area is 88.7 Å². The number of methoxy groups -OCH3 is 1. The molecule has 0 aliphatic carbocycles. The van der Waals surface area contributed by atoms with E-state index < -0.39 is 22.7 Å². The molecule has 0 radical (unpaired) electrons. The summed E-state index contributed by atoms with van der Waals surface area (Å²) >= 11 is 2.88. The molecule has 14 heavy (non-hydrogen) atoms. The Morgan fingerprint density at radius 3 is 2.86 bits per heavy atom. The van der Waals surface area contributed by atoms with Gasteiger partial charge in [-0.3, -0.25) is 14.5 Å². The predicted octanol–water partition coefficient (Wildman–Crippen LogP) is -0.321. The summed E-state index contributed by atoms with van der Waals surface area (Å²) in [6, 6.07) is -0.576. The van der Waals surface area contributed by atoms with Crippen LogP contribution in [0.5, 0.6) is 0 Å². The lowest BCUT2D eigenvalue weighted by molar-refractivity contribution is -0.133. The van der Waals surface area contributed by atoms with Gasteiger partial charge in [0.15, 0.2) is 4.83 Å². The quantitative estimate of drug-likeness (QED) is 0.560. The van der Waals surface area contributed by atoms with Crippen LogP contribution in [-0.2, 0) is 14.3 Å². The molecule has 0 saturated heterocycles. The van der Waals surface area contributed by atoms with Gasteiger partial charge in [0.1, 0.15) is 0 Å². The fraction of sp³-hybridized carbons (Fsp3) is 0.571. The third-order valence-electron chi connectivity index (χ3n) is 1.67. The molecule has 0 saturated carbocycles. The van der Waals surface area contributed by atoms with Crippen LogP contribution in [0.4, 0.5) is 0 Å². The summed E-state index contributed by atoms with van der Waals surface area (Å²) in [6.07, 6.45) is 0. The molecule has 0 bridgehead atoms. The predicted molar refractivity (Wildman–Crippen MR) is 51.4 cm³/mol. The van der Waals surface area contributed by atoms with E-state index in [1.54, 1.807) is 0 Å². The molecule has 1 heterocycles. The van der Waals surface area contributed by atoms with Gasteiger partial charge < -0.3 is 9.84 Å². The topological polar surface area (TPSA) is 79.2 Å². The first-order chi connectivity index (χ1) is 6.57. The van der Waals surface area contributed by atoms with Crippen molar-refractivity contribution in [2.75, 3.05) is 20.3 Å². The number of amides is 2. The third-order valence-corrected chi connectivity index (χ3v) is 2.45. The first-order valence-corrected chi connectivity index (χ1v) is 4.75. The van der Waals surface area contributed by atoms with Gasteiger partial charge in [-0.1, -0.05) is 15.9 Å². The van der Waals surface area contributed by atoms with Crippen molar-refractivity contribution in [3.05, 3.63) is 0 Å². The smallest absolute Gasteiger partial charge is 0.299 e. The number of carbonyl (C=O) groups is 2. The van der Waals surface area contributed by atoms with Crippen molar-refractivity contribution < 1.29 is 19.4 Å². The summed E-state index contributed by atoms with van der Waals surface area (Å²) in [7, 11) is 1.47. The van der Waals surface area contributed by atoms with E-state index in [9.17, 15) is 14.7 Å². The van der Waals surface area contributed by atoms with Crippen LogP contribution in [0, 0.1) is 0 Å². The van der Waals surface area contributed by atoms with E-state index in [4.69, 9.17) is 4.74 Å². The van der Waals surface area contributed by atoms with Crippen LogP contribution in [0.1, 0.15) is 0 Å². The number of carbonyl (C=O) groups excluding carboxylic acids is 2. The molecule has 7 heteroatoms. The zero-order valence-electron chi connectivity index (χ0n) is 7.44. The average Bonchev–Trinajstić information content (AvgIpc) is 2.14. The van der Waals surface area contributed by atoms with Crippen molar-refractivity contribution in [1.82, 2.24) is 4.90 Å². The van der Waals surface area contributed by atoms with Gasteiger partial charge >= 0.3 is 0 Å². The minimum absolute atomic E-state index is 0.167.